The summed E-state index contributed by atoms with van der Waals surface area (Å²) < 4.78 is 1.82. The number of nitrogens with zero attached hydrogens (tertiary/aromatic N) is 6. The molecule has 4 heterocycles. The summed E-state index contributed by atoms with van der Waals surface area (Å²) in [5.41, 5.74) is 6.77. The Morgan fingerprint density at radius 3 is 2.87 bits per heavy atom. The van der Waals surface area contributed by atoms with Crippen molar-refractivity contribution in [2.75, 3.05) is 31.1 Å². The number of nitrogens with one attached hydrogen (secondary N) is 1. The number of fused-ring (bicyclic) bond motifs is 1. The molecule has 0 atom stereocenters. The summed E-state index contributed by atoms with van der Waals surface area (Å²) in [5, 5.41) is 13.3. The van der Waals surface area contributed by atoms with Crippen molar-refractivity contribution in [2.24, 2.45) is 7.05 Å². The van der Waals surface area contributed by atoms with Crippen molar-refractivity contribution in [1.29, 1.82) is 0 Å². The zero-order valence-corrected chi connectivity index (χ0v) is 17.3. The van der Waals surface area contributed by atoms with Gasteiger partial charge in [-0.2, -0.15) is 0 Å². The first-order chi connectivity index (χ1) is 14.7. The molecule has 7 nitrogen and oxygen atoms in total. The van der Waals surface area contributed by atoms with E-state index in [1.807, 2.05) is 43.0 Å². The second-order valence-corrected chi connectivity index (χ2v) is 7.77. The van der Waals surface area contributed by atoms with Gasteiger partial charge in [0.2, 0.25) is 0 Å². The first-order valence-corrected chi connectivity index (χ1v) is 10.4. The molecule has 0 amide bonds. The summed E-state index contributed by atoms with van der Waals surface area (Å²) in [5.74, 6) is 0. The first-order valence-electron chi connectivity index (χ1n) is 10.4. The summed E-state index contributed by atoms with van der Waals surface area (Å²) in [6.45, 7) is 6.12. The summed E-state index contributed by atoms with van der Waals surface area (Å²) in [6.07, 6.45) is 3.13. The van der Waals surface area contributed by atoms with Gasteiger partial charge in [-0.25, -0.2) is 4.68 Å². The van der Waals surface area contributed by atoms with Crippen LogP contribution in [-0.2, 0) is 7.05 Å². The van der Waals surface area contributed by atoms with Crippen LogP contribution in [0.1, 0.15) is 12.1 Å². The van der Waals surface area contributed by atoms with Gasteiger partial charge < -0.3 is 10.2 Å². The molecule has 30 heavy (non-hydrogen) atoms. The SMILES string of the molecule is Cc1cccc(-c2nnn(C)c2-c2ccc3ncc(N4CCCNCC4)cc3c2)n1. The van der Waals surface area contributed by atoms with Crippen molar-refractivity contribution in [3.8, 4) is 22.6 Å². The minimum Gasteiger partial charge on any atom is -0.369 e. The van der Waals surface area contributed by atoms with Gasteiger partial charge in [0.15, 0.2) is 0 Å². The number of benzene rings is 1. The highest BCUT2D eigenvalue weighted by Gasteiger charge is 2.17. The van der Waals surface area contributed by atoms with Crippen LogP contribution in [0, 0.1) is 6.92 Å². The third-order valence-corrected chi connectivity index (χ3v) is 5.60. The number of pyridine rings is 2. The van der Waals surface area contributed by atoms with Crippen LogP contribution in [0.15, 0.2) is 48.7 Å². The highest BCUT2D eigenvalue weighted by molar-refractivity contribution is 5.88. The maximum Gasteiger partial charge on any atom is 0.139 e. The maximum atomic E-state index is 4.71. The Morgan fingerprint density at radius 1 is 1.03 bits per heavy atom. The van der Waals surface area contributed by atoms with E-state index in [0.717, 1.165) is 71.8 Å². The minimum absolute atomic E-state index is 0.795. The van der Waals surface area contributed by atoms with Crippen molar-refractivity contribution in [3.63, 3.8) is 0 Å². The van der Waals surface area contributed by atoms with Gasteiger partial charge in [-0.15, -0.1) is 5.10 Å². The van der Waals surface area contributed by atoms with E-state index >= 15 is 0 Å². The topological polar surface area (TPSA) is 71.8 Å². The van der Waals surface area contributed by atoms with Crippen LogP contribution < -0.4 is 10.2 Å². The van der Waals surface area contributed by atoms with Gasteiger partial charge in [0.25, 0.3) is 0 Å². The fourth-order valence-corrected chi connectivity index (χ4v) is 4.07. The van der Waals surface area contributed by atoms with Gasteiger partial charge in [0.1, 0.15) is 5.69 Å². The molecule has 0 aliphatic carbocycles. The molecule has 0 unspecified atom stereocenters. The standard InChI is InChI=1S/C23H25N7/c1-16-5-3-6-21(26-16)22-23(29(2)28-27-22)17-7-8-20-18(13-17)14-19(15-25-20)30-11-4-9-24-10-12-30/h3,5-8,13-15,24H,4,9-12H2,1-2H3. The Hall–Kier alpha value is -3.32. The number of rotatable bonds is 3. The van der Waals surface area contributed by atoms with E-state index in [1.165, 1.54) is 5.69 Å². The van der Waals surface area contributed by atoms with Crippen LogP contribution in [-0.4, -0.2) is 51.1 Å². The first kappa shape index (κ1) is 18.7. The fraction of sp³-hybridized carbons (Fsp3) is 0.304. The van der Waals surface area contributed by atoms with Gasteiger partial charge in [0.05, 0.1) is 28.8 Å². The minimum atomic E-state index is 0.795. The largest absolute Gasteiger partial charge is 0.369 e. The summed E-state index contributed by atoms with van der Waals surface area (Å²) in [6, 6.07) is 14.5. The van der Waals surface area contributed by atoms with E-state index in [2.05, 4.69) is 49.8 Å². The average molecular weight is 400 g/mol. The molecule has 0 saturated carbocycles. The number of aromatic nitrogens is 5. The van der Waals surface area contributed by atoms with E-state index in [9.17, 15) is 0 Å². The van der Waals surface area contributed by atoms with Crippen molar-refractivity contribution in [1.82, 2.24) is 30.3 Å². The van der Waals surface area contributed by atoms with E-state index in [4.69, 9.17) is 4.98 Å². The number of aryl methyl sites for hydroxylation is 2. The van der Waals surface area contributed by atoms with E-state index in [1.54, 1.807) is 0 Å². The lowest BCUT2D eigenvalue weighted by Gasteiger charge is -2.22. The van der Waals surface area contributed by atoms with Crippen molar-refractivity contribution >= 4 is 16.6 Å². The molecule has 1 N–H and O–H groups in total. The van der Waals surface area contributed by atoms with E-state index in [0.29, 0.717) is 0 Å². The molecule has 1 aliphatic rings. The van der Waals surface area contributed by atoms with Gasteiger partial charge in [0, 0.05) is 43.3 Å². The van der Waals surface area contributed by atoms with Gasteiger partial charge in [-0.1, -0.05) is 17.3 Å². The van der Waals surface area contributed by atoms with Crippen LogP contribution >= 0.6 is 0 Å². The van der Waals surface area contributed by atoms with Crippen LogP contribution in [0.4, 0.5) is 5.69 Å². The normalized spacial score (nSPS) is 14.8. The number of hydrogen-bond donors (Lipinski definition) is 1. The Labute approximate surface area is 175 Å². The predicted octanol–water partition coefficient (Wildman–Crippen LogP) is 3.20. The summed E-state index contributed by atoms with van der Waals surface area (Å²) in [7, 11) is 1.92. The third kappa shape index (κ3) is 3.52. The lowest BCUT2D eigenvalue weighted by Crippen LogP contribution is -2.27. The Kier molecular flexibility index (Phi) is 4.88. The van der Waals surface area contributed by atoms with Crippen LogP contribution in [0.3, 0.4) is 0 Å². The lowest BCUT2D eigenvalue weighted by atomic mass is 10.0. The molecule has 1 aliphatic heterocycles. The molecule has 152 valence electrons. The fourth-order valence-electron chi connectivity index (χ4n) is 4.07. The Balaban J connectivity index is 1.58. The number of anilines is 1. The molecule has 5 rings (SSSR count). The molecular weight excluding hydrogens is 374 g/mol. The molecule has 7 heteroatoms. The monoisotopic (exact) mass is 399 g/mol. The van der Waals surface area contributed by atoms with Gasteiger partial charge in [-0.05, 0) is 50.2 Å². The van der Waals surface area contributed by atoms with Crippen molar-refractivity contribution < 1.29 is 0 Å². The summed E-state index contributed by atoms with van der Waals surface area (Å²) in [4.78, 5) is 11.8. The lowest BCUT2D eigenvalue weighted by molar-refractivity contribution is 0.721. The zero-order valence-electron chi connectivity index (χ0n) is 17.3. The number of hydrogen-bond acceptors (Lipinski definition) is 6. The van der Waals surface area contributed by atoms with Crippen LogP contribution in [0.5, 0.6) is 0 Å². The molecule has 3 aromatic heterocycles. The van der Waals surface area contributed by atoms with Crippen LogP contribution in [0.2, 0.25) is 0 Å². The second-order valence-electron chi connectivity index (χ2n) is 7.77. The van der Waals surface area contributed by atoms with Crippen molar-refractivity contribution in [3.05, 3.63) is 54.4 Å². The molecular formula is C23H25N7. The molecule has 0 spiro atoms. The second kappa shape index (κ2) is 7.84. The van der Waals surface area contributed by atoms with E-state index < -0.39 is 0 Å². The predicted molar refractivity (Wildman–Crippen MR) is 119 cm³/mol. The molecule has 0 bridgehead atoms. The van der Waals surface area contributed by atoms with Gasteiger partial charge in [-0.3, -0.25) is 9.97 Å². The smallest absolute Gasteiger partial charge is 0.139 e. The third-order valence-electron chi connectivity index (χ3n) is 5.60. The molecule has 0 radical (unpaired) electrons. The Morgan fingerprint density at radius 2 is 1.97 bits per heavy atom. The summed E-state index contributed by atoms with van der Waals surface area (Å²) >= 11 is 0. The molecule has 1 fully saturated rings. The highest BCUT2D eigenvalue weighted by atomic mass is 15.4. The van der Waals surface area contributed by atoms with E-state index in [-0.39, 0.29) is 0 Å². The quantitative estimate of drug-likeness (QED) is 0.570. The molecule has 1 aromatic carbocycles. The molecule has 1 saturated heterocycles. The molecule has 4 aromatic rings. The average Bonchev–Trinajstić information content (AvgIpc) is 2.96. The van der Waals surface area contributed by atoms with Crippen LogP contribution in [0.25, 0.3) is 33.5 Å². The Bertz CT molecular complexity index is 1190. The highest BCUT2D eigenvalue weighted by Crippen LogP contribution is 2.31. The maximum absolute atomic E-state index is 4.71. The zero-order chi connectivity index (χ0) is 20.5. The van der Waals surface area contributed by atoms with Crippen molar-refractivity contribution in [2.45, 2.75) is 13.3 Å². The van der Waals surface area contributed by atoms with Gasteiger partial charge >= 0.3 is 0 Å².